The number of allylic oxidation sites excluding steroid dienone is 1. The third kappa shape index (κ3) is 5.15. The zero-order valence-corrected chi connectivity index (χ0v) is 11.3. The summed E-state index contributed by atoms with van der Waals surface area (Å²) in [6.07, 6.45) is 2.60. The van der Waals surface area contributed by atoms with Gasteiger partial charge in [-0.15, -0.1) is 0 Å². The molecular weight excluding hydrogens is 226 g/mol. The topological polar surface area (TPSA) is 52.3 Å². The van der Waals surface area contributed by atoms with Crippen LogP contribution in [0, 0.1) is 0 Å². The highest BCUT2D eigenvalue weighted by atomic mass is 16.5. The third-order valence-corrected chi connectivity index (χ3v) is 2.64. The van der Waals surface area contributed by atoms with Gasteiger partial charge in [-0.25, -0.2) is 0 Å². The second-order valence-corrected chi connectivity index (χ2v) is 4.66. The summed E-state index contributed by atoms with van der Waals surface area (Å²) in [7, 11) is 0. The minimum atomic E-state index is -0.414. The van der Waals surface area contributed by atoms with Gasteiger partial charge in [0.05, 0.1) is 6.04 Å². The number of carbonyl (C=O) groups excluding carboxylic acids is 1. The van der Waals surface area contributed by atoms with Crippen LogP contribution in [-0.2, 0) is 11.2 Å². The van der Waals surface area contributed by atoms with E-state index in [1.165, 1.54) is 12.5 Å². The van der Waals surface area contributed by atoms with Crippen molar-refractivity contribution in [1.29, 1.82) is 0 Å². The van der Waals surface area contributed by atoms with E-state index in [1.807, 2.05) is 44.2 Å². The Balaban J connectivity index is 2.52. The highest BCUT2D eigenvalue weighted by Gasteiger charge is 2.08. The summed E-state index contributed by atoms with van der Waals surface area (Å²) in [6.45, 7) is 6.17. The molecule has 0 saturated carbocycles. The number of nitrogens with two attached hydrogens (primary N) is 1. The molecule has 3 nitrogen and oxygen atoms in total. The largest absolute Gasteiger partial charge is 0.490 e. The number of hydrogen-bond acceptors (Lipinski definition) is 3. The molecule has 0 amide bonds. The highest BCUT2D eigenvalue weighted by molar-refractivity contribution is 5.81. The molecule has 1 atom stereocenters. The maximum absolute atomic E-state index is 11.1. The van der Waals surface area contributed by atoms with Crippen LogP contribution in [0.3, 0.4) is 0 Å². The lowest BCUT2D eigenvalue weighted by Gasteiger charge is -2.09. The van der Waals surface area contributed by atoms with Crippen molar-refractivity contribution >= 4 is 5.78 Å². The summed E-state index contributed by atoms with van der Waals surface area (Å²) in [5.74, 6) is 0.839. The van der Waals surface area contributed by atoms with Crippen molar-refractivity contribution in [3.8, 4) is 5.75 Å². The molecule has 0 aliphatic heterocycles. The highest BCUT2D eigenvalue weighted by Crippen LogP contribution is 2.13. The zero-order valence-electron chi connectivity index (χ0n) is 11.3. The van der Waals surface area contributed by atoms with E-state index in [2.05, 4.69) is 0 Å². The summed E-state index contributed by atoms with van der Waals surface area (Å²) in [5.41, 5.74) is 8.00. The molecule has 0 saturated heterocycles. The van der Waals surface area contributed by atoms with Gasteiger partial charge in [0, 0.05) is 0 Å². The van der Waals surface area contributed by atoms with Gasteiger partial charge in [0.15, 0.2) is 0 Å². The van der Waals surface area contributed by atoms with E-state index in [0.29, 0.717) is 13.0 Å². The molecule has 1 aromatic carbocycles. The van der Waals surface area contributed by atoms with Crippen molar-refractivity contribution in [3.63, 3.8) is 0 Å². The van der Waals surface area contributed by atoms with E-state index in [9.17, 15) is 4.79 Å². The Bertz CT molecular complexity index is 417. The lowest BCUT2D eigenvalue weighted by atomic mass is 10.0. The monoisotopic (exact) mass is 247 g/mol. The van der Waals surface area contributed by atoms with Crippen LogP contribution in [0.2, 0.25) is 0 Å². The average molecular weight is 247 g/mol. The molecule has 0 heterocycles. The molecule has 0 bridgehead atoms. The Labute approximate surface area is 109 Å². The molecule has 18 heavy (non-hydrogen) atoms. The summed E-state index contributed by atoms with van der Waals surface area (Å²) >= 11 is 0. The third-order valence-electron chi connectivity index (χ3n) is 2.64. The van der Waals surface area contributed by atoms with Gasteiger partial charge >= 0.3 is 0 Å². The van der Waals surface area contributed by atoms with Gasteiger partial charge in [-0.05, 0) is 51.0 Å². The predicted octanol–water partition coefficient (Wildman–Crippen LogP) is 2.49. The maximum atomic E-state index is 11.1. The van der Waals surface area contributed by atoms with Gasteiger partial charge < -0.3 is 10.5 Å². The number of hydrogen-bond donors (Lipinski definition) is 1. The van der Waals surface area contributed by atoms with E-state index >= 15 is 0 Å². The van der Waals surface area contributed by atoms with Crippen molar-refractivity contribution in [2.24, 2.45) is 5.73 Å². The van der Waals surface area contributed by atoms with E-state index in [0.717, 1.165) is 11.3 Å². The van der Waals surface area contributed by atoms with Crippen LogP contribution < -0.4 is 10.5 Å². The predicted molar refractivity (Wildman–Crippen MR) is 73.7 cm³/mol. The first-order chi connectivity index (χ1) is 8.49. The van der Waals surface area contributed by atoms with Crippen LogP contribution in [0.4, 0.5) is 0 Å². The second-order valence-electron chi connectivity index (χ2n) is 4.66. The Morgan fingerprint density at radius 1 is 1.28 bits per heavy atom. The summed E-state index contributed by atoms with van der Waals surface area (Å²) < 4.78 is 5.55. The van der Waals surface area contributed by atoms with Gasteiger partial charge in [-0.3, -0.25) is 4.79 Å². The summed E-state index contributed by atoms with van der Waals surface area (Å²) in [6, 6.07) is 7.28. The molecule has 0 aliphatic rings. The minimum absolute atomic E-state index is 0.0129. The first-order valence-corrected chi connectivity index (χ1v) is 6.10. The molecular formula is C15H21NO2. The summed E-state index contributed by atoms with van der Waals surface area (Å²) in [4.78, 5) is 11.1. The number of ketones is 1. The van der Waals surface area contributed by atoms with Gasteiger partial charge in [-0.2, -0.15) is 0 Å². The van der Waals surface area contributed by atoms with Crippen molar-refractivity contribution < 1.29 is 9.53 Å². The standard InChI is InChI=1S/C15H21NO2/c1-11(2)8-9-18-14-6-4-13(5-7-14)10-15(16)12(3)17/h4-8,15H,9-10,16H2,1-3H3/t15-/m0/s1. The molecule has 0 spiro atoms. The number of ether oxygens (including phenoxy) is 1. The molecule has 2 N–H and O–H groups in total. The average Bonchev–Trinajstić information content (AvgIpc) is 2.30. The van der Waals surface area contributed by atoms with Gasteiger partial charge in [0.25, 0.3) is 0 Å². The molecule has 0 radical (unpaired) electrons. The number of benzene rings is 1. The van der Waals surface area contributed by atoms with Gasteiger partial charge in [-0.1, -0.05) is 17.7 Å². The first kappa shape index (κ1) is 14.5. The van der Waals surface area contributed by atoms with Crippen LogP contribution in [0.5, 0.6) is 5.75 Å². The fourth-order valence-electron chi connectivity index (χ4n) is 1.42. The summed E-state index contributed by atoms with van der Waals surface area (Å²) in [5, 5.41) is 0. The number of Topliss-reactive ketones (excluding diaryl/α,β-unsaturated/α-hetero) is 1. The fourth-order valence-corrected chi connectivity index (χ4v) is 1.42. The first-order valence-electron chi connectivity index (χ1n) is 6.10. The van der Waals surface area contributed by atoms with Crippen LogP contribution in [0.1, 0.15) is 26.3 Å². The smallest absolute Gasteiger partial charge is 0.146 e. The molecule has 0 aromatic heterocycles. The normalized spacial score (nSPS) is 11.8. The van der Waals surface area contributed by atoms with Crippen LogP contribution in [0.15, 0.2) is 35.9 Å². The lowest BCUT2D eigenvalue weighted by Crippen LogP contribution is -2.30. The molecule has 1 aromatic rings. The van der Waals surface area contributed by atoms with E-state index in [1.54, 1.807) is 0 Å². The quantitative estimate of drug-likeness (QED) is 0.786. The second kappa shape index (κ2) is 6.97. The Morgan fingerprint density at radius 3 is 2.39 bits per heavy atom. The van der Waals surface area contributed by atoms with E-state index < -0.39 is 6.04 Å². The maximum Gasteiger partial charge on any atom is 0.146 e. The van der Waals surface area contributed by atoms with Crippen LogP contribution in [-0.4, -0.2) is 18.4 Å². The molecule has 98 valence electrons. The van der Waals surface area contributed by atoms with Crippen molar-refractivity contribution in [3.05, 3.63) is 41.5 Å². The van der Waals surface area contributed by atoms with Crippen LogP contribution in [0.25, 0.3) is 0 Å². The molecule has 0 unspecified atom stereocenters. The van der Waals surface area contributed by atoms with E-state index in [-0.39, 0.29) is 5.78 Å². The Morgan fingerprint density at radius 2 is 1.89 bits per heavy atom. The molecule has 0 fully saturated rings. The van der Waals surface area contributed by atoms with Crippen molar-refractivity contribution in [2.45, 2.75) is 33.2 Å². The van der Waals surface area contributed by atoms with Gasteiger partial charge in [0.1, 0.15) is 18.1 Å². The van der Waals surface area contributed by atoms with Crippen molar-refractivity contribution in [1.82, 2.24) is 0 Å². The van der Waals surface area contributed by atoms with E-state index in [4.69, 9.17) is 10.5 Å². The fraction of sp³-hybridized carbons (Fsp3) is 0.400. The van der Waals surface area contributed by atoms with Gasteiger partial charge in [0.2, 0.25) is 0 Å². The van der Waals surface area contributed by atoms with Crippen molar-refractivity contribution in [2.75, 3.05) is 6.61 Å². The van der Waals surface area contributed by atoms with Crippen LogP contribution >= 0.6 is 0 Å². The Hall–Kier alpha value is -1.61. The molecule has 0 aliphatic carbocycles. The number of rotatable bonds is 6. The molecule has 3 heteroatoms. The minimum Gasteiger partial charge on any atom is -0.490 e. The lowest BCUT2D eigenvalue weighted by molar-refractivity contribution is -0.118. The zero-order chi connectivity index (χ0) is 13.5. The number of carbonyl (C=O) groups is 1. The Kier molecular flexibility index (Phi) is 5.59. The molecule has 1 rings (SSSR count). The SMILES string of the molecule is CC(=O)[C@@H](N)Cc1ccc(OCC=C(C)C)cc1.